The monoisotopic (exact) mass is 411 g/mol. The summed E-state index contributed by atoms with van der Waals surface area (Å²) in [5.41, 5.74) is 3.60. The lowest BCUT2D eigenvalue weighted by Crippen LogP contribution is -2.39. The van der Waals surface area contributed by atoms with Crippen LogP contribution < -0.4 is 4.90 Å². The third-order valence-corrected chi connectivity index (χ3v) is 6.36. The fourth-order valence-corrected chi connectivity index (χ4v) is 4.61. The minimum Gasteiger partial charge on any atom is -0.379 e. The summed E-state index contributed by atoms with van der Waals surface area (Å²) in [6.07, 6.45) is 5.50. The lowest BCUT2D eigenvalue weighted by atomic mass is 10.1. The maximum atomic E-state index is 13.2. The van der Waals surface area contributed by atoms with Crippen LogP contribution in [0.4, 0.5) is 5.13 Å². The SMILES string of the molecule is Cc1ccc(C)c2sc(N(CCCN3CCOCC3)C(=O)c3cnccn3)nc12. The van der Waals surface area contributed by atoms with E-state index in [9.17, 15) is 4.79 Å². The molecule has 1 aliphatic rings. The molecule has 1 aromatic carbocycles. The largest absolute Gasteiger partial charge is 0.379 e. The molecule has 8 heteroatoms. The highest BCUT2D eigenvalue weighted by molar-refractivity contribution is 7.22. The van der Waals surface area contributed by atoms with Crippen molar-refractivity contribution in [2.75, 3.05) is 44.3 Å². The van der Waals surface area contributed by atoms with Gasteiger partial charge in [-0.15, -0.1) is 0 Å². The average Bonchev–Trinajstić information content (AvgIpc) is 3.21. The number of carbonyl (C=O) groups excluding carboxylic acids is 1. The quantitative estimate of drug-likeness (QED) is 0.621. The molecule has 1 saturated heterocycles. The number of rotatable bonds is 6. The predicted octanol–water partition coefficient (Wildman–Crippen LogP) is 3.07. The zero-order chi connectivity index (χ0) is 20.2. The number of ether oxygens (including phenoxy) is 1. The Morgan fingerprint density at radius 3 is 2.72 bits per heavy atom. The maximum Gasteiger partial charge on any atom is 0.280 e. The first-order valence-corrected chi connectivity index (χ1v) is 10.7. The van der Waals surface area contributed by atoms with Gasteiger partial charge in [0.2, 0.25) is 0 Å². The molecule has 3 aromatic rings. The van der Waals surface area contributed by atoms with Crippen molar-refractivity contribution in [2.24, 2.45) is 0 Å². The summed E-state index contributed by atoms with van der Waals surface area (Å²) in [5.74, 6) is -0.158. The van der Waals surface area contributed by atoms with Gasteiger partial charge < -0.3 is 4.74 Å². The number of anilines is 1. The van der Waals surface area contributed by atoms with Gasteiger partial charge in [0.15, 0.2) is 5.13 Å². The number of aryl methyl sites for hydroxylation is 2. The molecule has 0 atom stereocenters. The standard InChI is InChI=1S/C21H25N5O2S/c1-15-4-5-16(2)19-18(15)24-21(29-19)26(20(27)17-14-22-6-7-23-17)9-3-8-25-10-12-28-13-11-25/h4-7,14H,3,8-13H2,1-2H3. The lowest BCUT2D eigenvalue weighted by Gasteiger charge is -2.27. The van der Waals surface area contributed by atoms with E-state index in [2.05, 4.69) is 40.8 Å². The smallest absolute Gasteiger partial charge is 0.280 e. The topological polar surface area (TPSA) is 71.5 Å². The highest BCUT2D eigenvalue weighted by atomic mass is 32.1. The van der Waals surface area contributed by atoms with E-state index >= 15 is 0 Å². The van der Waals surface area contributed by atoms with Crippen molar-refractivity contribution in [2.45, 2.75) is 20.3 Å². The number of fused-ring (bicyclic) bond motifs is 1. The average molecular weight is 412 g/mol. The number of hydrogen-bond acceptors (Lipinski definition) is 7. The first-order chi connectivity index (χ1) is 14.1. The molecule has 1 aliphatic heterocycles. The molecule has 1 fully saturated rings. The maximum absolute atomic E-state index is 13.2. The van der Waals surface area contributed by atoms with E-state index < -0.39 is 0 Å². The minimum absolute atomic E-state index is 0.158. The molecule has 0 bridgehead atoms. The molecule has 0 N–H and O–H groups in total. The van der Waals surface area contributed by atoms with Gasteiger partial charge in [-0.3, -0.25) is 19.6 Å². The first kappa shape index (κ1) is 19.9. The molecule has 0 unspecified atom stereocenters. The second-order valence-electron chi connectivity index (χ2n) is 7.23. The predicted molar refractivity (Wildman–Crippen MR) is 115 cm³/mol. The molecule has 0 saturated carbocycles. The van der Waals surface area contributed by atoms with E-state index in [1.54, 1.807) is 28.6 Å². The van der Waals surface area contributed by atoms with Crippen LogP contribution in [0.1, 0.15) is 28.0 Å². The Morgan fingerprint density at radius 2 is 2.00 bits per heavy atom. The van der Waals surface area contributed by atoms with Crippen LogP contribution in [-0.4, -0.2) is 65.2 Å². The molecule has 152 valence electrons. The van der Waals surface area contributed by atoms with Crippen LogP contribution in [0.2, 0.25) is 0 Å². The summed E-state index contributed by atoms with van der Waals surface area (Å²) >= 11 is 1.57. The highest BCUT2D eigenvalue weighted by Crippen LogP contribution is 2.33. The highest BCUT2D eigenvalue weighted by Gasteiger charge is 2.23. The van der Waals surface area contributed by atoms with Crippen molar-refractivity contribution in [3.05, 3.63) is 47.5 Å². The van der Waals surface area contributed by atoms with E-state index in [0.717, 1.165) is 60.2 Å². The van der Waals surface area contributed by atoms with Gasteiger partial charge in [-0.25, -0.2) is 9.97 Å². The molecule has 0 spiro atoms. The number of thiazole rings is 1. The van der Waals surface area contributed by atoms with E-state index in [4.69, 9.17) is 9.72 Å². The van der Waals surface area contributed by atoms with Gasteiger partial charge in [0.05, 0.1) is 29.6 Å². The van der Waals surface area contributed by atoms with E-state index in [-0.39, 0.29) is 5.91 Å². The van der Waals surface area contributed by atoms with E-state index in [1.165, 1.54) is 11.8 Å². The molecule has 2 aromatic heterocycles. The van der Waals surface area contributed by atoms with Crippen molar-refractivity contribution in [1.29, 1.82) is 0 Å². The van der Waals surface area contributed by atoms with Crippen LogP contribution in [0.5, 0.6) is 0 Å². The fourth-order valence-electron chi connectivity index (χ4n) is 3.47. The summed E-state index contributed by atoms with van der Waals surface area (Å²) in [6.45, 7) is 9.09. The molecule has 0 radical (unpaired) electrons. The third kappa shape index (κ3) is 4.44. The number of benzene rings is 1. The Labute approximate surface area is 174 Å². The van der Waals surface area contributed by atoms with Gasteiger partial charge in [-0.05, 0) is 31.4 Å². The van der Waals surface area contributed by atoms with Crippen molar-refractivity contribution >= 4 is 32.6 Å². The molecule has 4 rings (SSSR count). The Hall–Kier alpha value is -2.42. The number of carbonyl (C=O) groups is 1. The van der Waals surface area contributed by atoms with Crippen molar-refractivity contribution in [3.63, 3.8) is 0 Å². The van der Waals surface area contributed by atoms with Gasteiger partial charge in [-0.2, -0.15) is 0 Å². The lowest BCUT2D eigenvalue weighted by molar-refractivity contribution is 0.0376. The second-order valence-corrected chi connectivity index (χ2v) is 8.21. The van der Waals surface area contributed by atoms with Crippen molar-refractivity contribution in [3.8, 4) is 0 Å². The Morgan fingerprint density at radius 1 is 1.21 bits per heavy atom. The summed E-state index contributed by atoms with van der Waals surface area (Å²) in [7, 11) is 0. The molecular weight excluding hydrogens is 386 g/mol. The Balaban J connectivity index is 1.60. The van der Waals surface area contributed by atoms with Crippen molar-refractivity contribution < 1.29 is 9.53 Å². The molecule has 3 heterocycles. The van der Waals surface area contributed by atoms with Gasteiger partial charge in [-0.1, -0.05) is 23.5 Å². The number of amides is 1. The van der Waals surface area contributed by atoms with Crippen LogP contribution >= 0.6 is 11.3 Å². The number of nitrogens with zero attached hydrogens (tertiary/aromatic N) is 5. The summed E-state index contributed by atoms with van der Waals surface area (Å²) < 4.78 is 6.55. The minimum atomic E-state index is -0.158. The summed E-state index contributed by atoms with van der Waals surface area (Å²) in [6, 6.07) is 4.18. The molecular formula is C21H25N5O2S. The Bertz CT molecular complexity index is 946. The third-order valence-electron chi connectivity index (χ3n) is 5.15. The number of hydrogen-bond donors (Lipinski definition) is 0. The van der Waals surface area contributed by atoms with Gasteiger partial charge in [0, 0.05) is 38.6 Å². The van der Waals surface area contributed by atoms with Gasteiger partial charge in [0.25, 0.3) is 5.91 Å². The zero-order valence-electron chi connectivity index (χ0n) is 16.8. The van der Waals surface area contributed by atoms with Crippen molar-refractivity contribution in [1.82, 2.24) is 19.9 Å². The first-order valence-electron chi connectivity index (χ1n) is 9.88. The second kappa shape index (κ2) is 8.94. The zero-order valence-corrected chi connectivity index (χ0v) is 17.6. The van der Waals surface area contributed by atoms with Crippen LogP contribution in [0.3, 0.4) is 0 Å². The molecule has 29 heavy (non-hydrogen) atoms. The van der Waals surface area contributed by atoms with Crippen LogP contribution in [0.25, 0.3) is 10.2 Å². The van der Waals surface area contributed by atoms with Gasteiger partial charge >= 0.3 is 0 Å². The van der Waals surface area contributed by atoms with Crippen LogP contribution in [-0.2, 0) is 4.74 Å². The van der Waals surface area contributed by atoms with Crippen LogP contribution in [0.15, 0.2) is 30.7 Å². The normalized spacial score (nSPS) is 15.0. The molecule has 0 aliphatic carbocycles. The number of aromatic nitrogens is 3. The Kier molecular flexibility index (Phi) is 6.13. The van der Waals surface area contributed by atoms with Gasteiger partial charge in [0.1, 0.15) is 5.69 Å². The summed E-state index contributed by atoms with van der Waals surface area (Å²) in [5, 5.41) is 0.718. The fraction of sp³-hybridized carbons (Fsp3) is 0.429. The van der Waals surface area contributed by atoms with E-state index in [0.29, 0.717) is 12.2 Å². The molecule has 7 nitrogen and oxygen atoms in total. The van der Waals surface area contributed by atoms with E-state index in [1.807, 2.05) is 0 Å². The molecule has 1 amide bonds. The number of morpholine rings is 1. The summed E-state index contributed by atoms with van der Waals surface area (Å²) in [4.78, 5) is 30.5. The van der Waals surface area contributed by atoms with Crippen LogP contribution in [0, 0.1) is 13.8 Å².